The van der Waals surface area contributed by atoms with E-state index in [0.717, 1.165) is 5.56 Å². The second-order valence-corrected chi connectivity index (χ2v) is 5.86. The fourth-order valence-corrected chi connectivity index (χ4v) is 2.54. The summed E-state index contributed by atoms with van der Waals surface area (Å²) in [4.78, 5) is 23.6. The Kier molecular flexibility index (Phi) is 5.68. The first-order valence-corrected chi connectivity index (χ1v) is 7.70. The molecule has 4 nitrogen and oxygen atoms in total. The van der Waals surface area contributed by atoms with Crippen LogP contribution in [-0.2, 0) is 11.2 Å². The van der Waals surface area contributed by atoms with Gasteiger partial charge in [-0.25, -0.2) is 4.39 Å². The van der Waals surface area contributed by atoms with Crippen LogP contribution in [0.5, 0.6) is 0 Å². The number of carboxylic acids is 1. The number of hydrogen-bond acceptors (Lipinski definition) is 2. The Morgan fingerprint density at radius 2 is 1.71 bits per heavy atom. The fourth-order valence-electron chi connectivity index (χ4n) is 2.54. The Morgan fingerprint density at radius 1 is 1.12 bits per heavy atom. The number of benzene rings is 2. The van der Waals surface area contributed by atoms with Gasteiger partial charge in [-0.3, -0.25) is 9.59 Å². The Morgan fingerprint density at radius 3 is 2.25 bits per heavy atom. The molecular weight excluding hydrogens is 309 g/mol. The van der Waals surface area contributed by atoms with Crippen LogP contribution >= 0.6 is 0 Å². The highest BCUT2D eigenvalue weighted by atomic mass is 19.1. The van der Waals surface area contributed by atoms with Gasteiger partial charge in [-0.15, -0.1) is 0 Å². The van der Waals surface area contributed by atoms with E-state index in [1.165, 1.54) is 12.1 Å². The molecule has 5 heteroatoms. The van der Waals surface area contributed by atoms with Gasteiger partial charge in [0.1, 0.15) is 5.82 Å². The molecule has 126 valence electrons. The molecule has 0 fully saturated rings. The number of aliphatic carboxylic acids is 1. The van der Waals surface area contributed by atoms with Crippen LogP contribution < -0.4 is 5.32 Å². The number of rotatable bonds is 6. The lowest BCUT2D eigenvalue weighted by molar-refractivity contribution is -0.141. The van der Waals surface area contributed by atoms with Crippen LogP contribution in [0.1, 0.15) is 27.0 Å². The summed E-state index contributed by atoms with van der Waals surface area (Å²) in [5, 5.41) is 12.0. The van der Waals surface area contributed by atoms with E-state index >= 15 is 0 Å². The zero-order chi connectivity index (χ0) is 17.7. The molecule has 2 N–H and O–H groups in total. The van der Waals surface area contributed by atoms with E-state index in [1.807, 2.05) is 30.3 Å². The molecule has 0 saturated heterocycles. The van der Waals surface area contributed by atoms with Crippen LogP contribution in [0.3, 0.4) is 0 Å². The highest BCUT2D eigenvalue weighted by Crippen LogP contribution is 2.15. The first-order valence-electron chi connectivity index (χ1n) is 7.70. The lowest BCUT2D eigenvalue weighted by atomic mass is 9.99. The summed E-state index contributed by atoms with van der Waals surface area (Å²) in [5.41, 5.74) is 2.00. The van der Waals surface area contributed by atoms with E-state index in [1.54, 1.807) is 13.8 Å². The molecule has 0 aromatic heterocycles. The third kappa shape index (κ3) is 4.41. The molecule has 0 bridgehead atoms. The van der Waals surface area contributed by atoms with Crippen molar-refractivity contribution < 1.29 is 19.1 Å². The van der Waals surface area contributed by atoms with Crippen molar-refractivity contribution in [1.29, 1.82) is 0 Å². The van der Waals surface area contributed by atoms with Crippen molar-refractivity contribution in [2.45, 2.75) is 20.3 Å². The number of nitrogens with one attached hydrogen (secondary N) is 1. The Balaban J connectivity index is 2.04. The highest BCUT2D eigenvalue weighted by molar-refractivity contribution is 5.94. The van der Waals surface area contributed by atoms with Gasteiger partial charge in [-0.2, -0.15) is 0 Å². The van der Waals surface area contributed by atoms with E-state index in [-0.39, 0.29) is 12.4 Å². The maximum atomic E-state index is 13.6. The van der Waals surface area contributed by atoms with E-state index in [0.29, 0.717) is 23.1 Å². The second-order valence-electron chi connectivity index (χ2n) is 5.86. The van der Waals surface area contributed by atoms with Crippen molar-refractivity contribution in [1.82, 2.24) is 5.32 Å². The van der Waals surface area contributed by atoms with Crippen molar-refractivity contribution in [2.75, 3.05) is 6.54 Å². The van der Waals surface area contributed by atoms with Gasteiger partial charge in [0.05, 0.1) is 5.92 Å². The summed E-state index contributed by atoms with van der Waals surface area (Å²) in [6, 6.07) is 12.2. The minimum Gasteiger partial charge on any atom is -0.481 e. The summed E-state index contributed by atoms with van der Waals surface area (Å²) in [6.07, 6.45) is 0.331. The Bertz CT molecular complexity index is 721. The summed E-state index contributed by atoms with van der Waals surface area (Å²) in [5.74, 6) is -2.43. The first kappa shape index (κ1) is 17.7. The fraction of sp³-hybridized carbons (Fsp3) is 0.263. The molecule has 2 aromatic rings. The van der Waals surface area contributed by atoms with Gasteiger partial charge in [0.25, 0.3) is 5.91 Å². The minimum absolute atomic E-state index is 0.0124. The molecule has 0 saturated carbocycles. The number of carbonyl (C=O) groups excluding carboxylic acids is 1. The smallest absolute Gasteiger partial charge is 0.308 e. The average Bonchev–Trinajstić information content (AvgIpc) is 2.56. The topological polar surface area (TPSA) is 66.4 Å². The molecule has 0 radical (unpaired) electrons. The van der Waals surface area contributed by atoms with Gasteiger partial charge in [0, 0.05) is 12.1 Å². The van der Waals surface area contributed by atoms with Gasteiger partial charge in [-0.1, -0.05) is 30.3 Å². The highest BCUT2D eigenvalue weighted by Gasteiger charge is 2.20. The maximum absolute atomic E-state index is 13.6. The van der Waals surface area contributed by atoms with Crippen LogP contribution in [-0.4, -0.2) is 23.5 Å². The average molecular weight is 329 g/mol. The van der Waals surface area contributed by atoms with E-state index in [2.05, 4.69) is 5.32 Å². The zero-order valence-electron chi connectivity index (χ0n) is 13.7. The van der Waals surface area contributed by atoms with Crippen LogP contribution in [0.2, 0.25) is 0 Å². The normalized spacial score (nSPS) is 11.8. The number of halogens is 1. The molecule has 0 aliphatic rings. The molecule has 0 heterocycles. The van der Waals surface area contributed by atoms with Crippen molar-refractivity contribution >= 4 is 11.9 Å². The first-order chi connectivity index (χ1) is 11.4. The van der Waals surface area contributed by atoms with Gasteiger partial charge >= 0.3 is 5.97 Å². The van der Waals surface area contributed by atoms with Crippen molar-refractivity contribution in [3.05, 3.63) is 70.5 Å². The van der Waals surface area contributed by atoms with Gasteiger partial charge in [0.15, 0.2) is 0 Å². The van der Waals surface area contributed by atoms with Crippen molar-refractivity contribution in [3.63, 3.8) is 0 Å². The summed E-state index contributed by atoms with van der Waals surface area (Å²) < 4.78 is 13.6. The SMILES string of the molecule is Cc1cc(C(=O)NCC(Cc2ccccc2)C(=O)O)cc(C)c1F. The quantitative estimate of drug-likeness (QED) is 0.856. The predicted octanol–water partition coefficient (Wildman–Crippen LogP) is 3.12. The lowest BCUT2D eigenvalue weighted by Gasteiger charge is -2.14. The number of carbonyl (C=O) groups is 2. The van der Waals surface area contributed by atoms with Crippen LogP contribution in [0.4, 0.5) is 4.39 Å². The standard InChI is InChI=1S/C19H20FNO3/c1-12-8-15(9-13(2)17(12)20)18(22)21-11-16(19(23)24)10-14-6-4-3-5-7-14/h3-9,16H,10-11H2,1-2H3,(H,21,22)(H,23,24). The molecular formula is C19H20FNO3. The summed E-state index contributed by atoms with van der Waals surface area (Å²) in [7, 11) is 0. The number of amides is 1. The summed E-state index contributed by atoms with van der Waals surface area (Å²) >= 11 is 0. The van der Waals surface area contributed by atoms with Gasteiger partial charge < -0.3 is 10.4 Å². The largest absolute Gasteiger partial charge is 0.481 e. The van der Waals surface area contributed by atoms with E-state index in [4.69, 9.17) is 0 Å². The Labute approximate surface area is 140 Å². The van der Waals surface area contributed by atoms with Gasteiger partial charge in [-0.05, 0) is 49.1 Å². The molecule has 0 aliphatic carbocycles. The number of hydrogen-bond donors (Lipinski definition) is 2. The molecule has 1 amide bonds. The molecule has 1 unspecified atom stereocenters. The molecule has 24 heavy (non-hydrogen) atoms. The maximum Gasteiger partial charge on any atom is 0.308 e. The van der Waals surface area contributed by atoms with Crippen LogP contribution in [0.15, 0.2) is 42.5 Å². The number of aryl methyl sites for hydroxylation is 2. The molecule has 0 aliphatic heterocycles. The van der Waals surface area contributed by atoms with E-state index in [9.17, 15) is 19.1 Å². The van der Waals surface area contributed by atoms with Crippen molar-refractivity contribution in [2.24, 2.45) is 5.92 Å². The third-order valence-corrected chi connectivity index (χ3v) is 3.88. The van der Waals surface area contributed by atoms with Crippen molar-refractivity contribution in [3.8, 4) is 0 Å². The molecule has 0 spiro atoms. The second kappa shape index (κ2) is 7.73. The van der Waals surface area contributed by atoms with E-state index < -0.39 is 17.8 Å². The molecule has 2 rings (SSSR count). The van der Waals surface area contributed by atoms with Crippen LogP contribution in [0.25, 0.3) is 0 Å². The monoisotopic (exact) mass is 329 g/mol. The predicted molar refractivity (Wildman–Crippen MR) is 89.5 cm³/mol. The minimum atomic E-state index is -0.967. The summed E-state index contributed by atoms with van der Waals surface area (Å²) in [6.45, 7) is 3.20. The number of carboxylic acid groups (broad SMARTS) is 1. The van der Waals surface area contributed by atoms with Gasteiger partial charge in [0.2, 0.25) is 0 Å². The lowest BCUT2D eigenvalue weighted by Crippen LogP contribution is -2.34. The zero-order valence-corrected chi connectivity index (χ0v) is 13.7. The Hall–Kier alpha value is -2.69. The van der Waals surface area contributed by atoms with Crippen LogP contribution in [0, 0.1) is 25.6 Å². The third-order valence-electron chi connectivity index (χ3n) is 3.88. The molecule has 2 aromatic carbocycles. The molecule has 1 atom stereocenters.